The second kappa shape index (κ2) is 4.57. The Kier molecular flexibility index (Phi) is 2.87. The highest BCUT2D eigenvalue weighted by molar-refractivity contribution is 7.15. The molecule has 0 aliphatic heterocycles. The maximum Gasteiger partial charge on any atom is 0.328 e. The Hall–Kier alpha value is -2.48. The minimum absolute atomic E-state index is 0.576. The highest BCUT2D eigenvalue weighted by Gasteiger charge is 2.16. The van der Waals surface area contributed by atoms with E-state index in [4.69, 9.17) is 5.11 Å². The number of hydrogen-bond donors (Lipinski definition) is 1. The van der Waals surface area contributed by atoms with Gasteiger partial charge >= 0.3 is 5.97 Å². The van der Waals surface area contributed by atoms with Crippen molar-refractivity contribution >= 4 is 28.3 Å². The zero-order valence-electron chi connectivity index (χ0n) is 10.8. The lowest BCUT2D eigenvalue weighted by Crippen LogP contribution is -2.02. The fourth-order valence-corrected chi connectivity index (χ4v) is 2.69. The number of hydrogen-bond acceptors (Lipinski definition) is 5. The number of aliphatic carboxylic acids is 1. The summed E-state index contributed by atoms with van der Waals surface area (Å²) in [7, 11) is 0. The number of aryl methyl sites for hydroxylation is 2. The fourth-order valence-electron chi connectivity index (χ4n) is 1.97. The van der Waals surface area contributed by atoms with E-state index < -0.39 is 5.97 Å². The van der Waals surface area contributed by atoms with Crippen LogP contribution in [0.15, 0.2) is 17.7 Å². The normalized spacial score (nSPS) is 11.7. The van der Waals surface area contributed by atoms with Gasteiger partial charge in [-0.1, -0.05) is 0 Å². The largest absolute Gasteiger partial charge is 0.478 e. The number of imidazole rings is 1. The molecule has 0 aromatic carbocycles. The maximum atomic E-state index is 10.7. The molecule has 3 rings (SSSR count). The fraction of sp³-hybridized carbons (Fsp3) is 0.167. The van der Waals surface area contributed by atoms with Crippen LogP contribution in [0.2, 0.25) is 0 Å². The highest BCUT2D eigenvalue weighted by atomic mass is 32.1. The molecule has 0 unspecified atom stereocenters. The molecule has 0 atom stereocenters. The highest BCUT2D eigenvalue weighted by Crippen LogP contribution is 2.22. The molecule has 1 N–H and O–H groups in total. The summed E-state index contributed by atoms with van der Waals surface area (Å²) in [5.41, 5.74) is 0.664. The van der Waals surface area contributed by atoms with Gasteiger partial charge in [-0.2, -0.15) is 9.67 Å². The Labute approximate surface area is 117 Å². The molecule has 0 fully saturated rings. The molecule has 8 heteroatoms. The topological polar surface area (TPSA) is 85.3 Å². The van der Waals surface area contributed by atoms with Crippen LogP contribution < -0.4 is 0 Å². The van der Waals surface area contributed by atoms with Gasteiger partial charge < -0.3 is 5.11 Å². The summed E-state index contributed by atoms with van der Waals surface area (Å²) in [6.45, 7) is 3.63. The van der Waals surface area contributed by atoms with Crippen molar-refractivity contribution in [3.63, 3.8) is 0 Å². The van der Waals surface area contributed by atoms with Gasteiger partial charge in [-0.05, 0) is 19.9 Å². The first kappa shape index (κ1) is 12.5. The first-order chi connectivity index (χ1) is 9.56. The zero-order valence-corrected chi connectivity index (χ0v) is 11.6. The van der Waals surface area contributed by atoms with E-state index in [9.17, 15) is 4.79 Å². The monoisotopic (exact) mass is 289 g/mol. The Bertz CT molecular complexity index is 826. The third-order valence-electron chi connectivity index (χ3n) is 2.74. The molecule has 0 saturated heterocycles. The average Bonchev–Trinajstić information content (AvgIpc) is 3.00. The number of carboxylic acids is 1. The van der Waals surface area contributed by atoms with Crippen LogP contribution in [0.3, 0.4) is 0 Å². The van der Waals surface area contributed by atoms with Crippen LogP contribution in [0.1, 0.15) is 17.3 Å². The van der Waals surface area contributed by atoms with Crippen molar-refractivity contribution in [3.8, 4) is 5.82 Å². The van der Waals surface area contributed by atoms with Gasteiger partial charge in [0.05, 0.1) is 5.69 Å². The summed E-state index contributed by atoms with van der Waals surface area (Å²) in [6, 6.07) is 0. The molecule has 3 aromatic rings. The molecule has 3 heterocycles. The van der Waals surface area contributed by atoms with Crippen LogP contribution >= 0.6 is 11.3 Å². The van der Waals surface area contributed by atoms with Gasteiger partial charge in [0, 0.05) is 17.7 Å². The van der Waals surface area contributed by atoms with Crippen molar-refractivity contribution in [1.82, 2.24) is 24.1 Å². The Morgan fingerprint density at radius 1 is 1.40 bits per heavy atom. The van der Waals surface area contributed by atoms with Gasteiger partial charge in [0.15, 0.2) is 10.8 Å². The third kappa shape index (κ3) is 1.99. The Balaban J connectivity index is 2.24. The molecule has 0 spiro atoms. The van der Waals surface area contributed by atoms with E-state index in [0.29, 0.717) is 23.2 Å². The van der Waals surface area contributed by atoms with Crippen molar-refractivity contribution in [2.24, 2.45) is 0 Å². The van der Waals surface area contributed by atoms with E-state index in [1.54, 1.807) is 11.6 Å². The summed E-state index contributed by atoms with van der Waals surface area (Å²) in [5.74, 6) is 0.922. The van der Waals surface area contributed by atoms with Crippen molar-refractivity contribution in [2.45, 2.75) is 13.8 Å². The molecule has 102 valence electrons. The van der Waals surface area contributed by atoms with Gasteiger partial charge in [0.1, 0.15) is 11.6 Å². The lowest BCUT2D eigenvalue weighted by molar-refractivity contribution is -0.131. The summed E-state index contributed by atoms with van der Waals surface area (Å²) in [5, 5.41) is 15.0. The molecular formula is C12H11N5O2S. The summed E-state index contributed by atoms with van der Waals surface area (Å²) in [4.78, 5) is 20.3. The first-order valence-electron chi connectivity index (χ1n) is 5.83. The standard InChI is InChI=1S/C12H11N5O2S/c1-7-13-8(2)17(15-7)11-9(3-4-10(18)19)16-5-6-20-12(16)14-11/h3-6H,1-2H3,(H,18,19)/b4-3+. The van der Waals surface area contributed by atoms with Crippen molar-refractivity contribution in [3.05, 3.63) is 35.0 Å². The minimum atomic E-state index is -1.01. The molecule has 0 aliphatic rings. The zero-order chi connectivity index (χ0) is 14.3. The number of carbonyl (C=O) groups is 1. The summed E-state index contributed by atoms with van der Waals surface area (Å²) >= 11 is 1.47. The van der Waals surface area contributed by atoms with Crippen molar-refractivity contribution < 1.29 is 9.90 Å². The van der Waals surface area contributed by atoms with Crippen LogP contribution in [0.25, 0.3) is 16.9 Å². The second-order valence-electron chi connectivity index (χ2n) is 4.17. The van der Waals surface area contributed by atoms with Crippen LogP contribution in [0.4, 0.5) is 0 Å². The smallest absolute Gasteiger partial charge is 0.328 e. The van der Waals surface area contributed by atoms with Gasteiger partial charge in [-0.15, -0.1) is 16.4 Å². The molecule has 0 bridgehead atoms. The lowest BCUT2D eigenvalue weighted by Gasteiger charge is -2.00. The van der Waals surface area contributed by atoms with Crippen LogP contribution in [-0.2, 0) is 4.79 Å². The number of thiazole rings is 1. The molecule has 0 aliphatic carbocycles. The number of fused-ring (bicyclic) bond motifs is 1. The number of rotatable bonds is 3. The number of nitrogens with zero attached hydrogens (tertiary/aromatic N) is 5. The SMILES string of the molecule is Cc1nc(C)n(-c2nc3sccn3c2/C=C/C(=O)O)n1. The minimum Gasteiger partial charge on any atom is -0.478 e. The molecule has 0 saturated carbocycles. The van der Waals surface area contributed by atoms with E-state index in [1.165, 1.54) is 17.4 Å². The molecule has 20 heavy (non-hydrogen) atoms. The van der Waals surface area contributed by atoms with Crippen molar-refractivity contribution in [2.75, 3.05) is 0 Å². The lowest BCUT2D eigenvalue weighted by atomic mass is 10.3. The average molecular weight is 289 g/mol. The van der Waals surface area contributed by atoms with Gasteiger partial charge in [0.2, 0.25) is 0 Å². The predicted molar refractivity (Wildman–Crippen MR) is 74.1 cm³/mol. The Morgan fingerprint density at radius 2 is 2.20 bits per heavy atom. The van der Waals surface area contributed by atoms with E-state index in [1.807, 2.05) is 22.9 Å². The first-order valence-corrected chi connectivity index (χ1v) is 6.71. The quantitative estimate of drug-likeness (QED) is 0.742. The summed E-state index contributed by atoms with van der Waals surface area (Å²) in [6.07, 6.45) is 4.45. The number of aromatic nitrogens is 5. The third-order valence-corrected chi connectivity index (χ3v) is 3.50. The van der Waals surface area contributed by atoms with Crippen molar-refractivity contribution in [1.29, 1.82) is 0 Å². The van der Waals surface area contributed by atoms with Crippen LogP contribution in [0.5, 0.6) is 0 Å². The van der Waals surface area contributed by atoms with E-state index >= 15 is 0 Å². The Morgan fingerprint density at radius 3 is 2.85 bits per heavy atom. The van der Waals surface area contributed by atoms with E-state index in [0.717, 1.165) is 11.0 Å². The van der Waals surface area contributed by atoms with Crippen LogP contribution in [0, 0.1) is 13.8 Å². The molecule has 7 nitrogen and oxygen atoms in total. The molecular weight excluding hydrogens is 278 g/mol. The van der Waals surface area contributed by atoms with E-state index in [2.05, 4.69) is 15.1 Å². The molecule has 3 aromatic heterocycles. The van der Waals surface area contributed by atoms with Gasteiger partial charge in [-0.25, -0.2) is 9.78 Å². The second-order valence-corrected chi connectivity index (χ2v) is 5.04. The van der Waals surface area contributed by atoms with Crippen LogP contribution in [-0.4, -0.2) is 35.2 Å². The van der Waals surface area contributed by atoms with Gasteiger partial charge in [-0.3, -0.25) is 4.40 Å². The maximum absolute atomic E-state index is 10.7. The molecule has 0 amide bonds. The predicted octanol–water partition coefficient (Wildman–Crippen LogP) is 1.69. The summed E-state index contributed by atoms with van der Waals surface area (Å²) < 4.78 is 3.45. The molecule has 0 radical (unpaired) electrons. The van der Waals surface area contributed by atoms with Gasteiger partial charge in [0.25, 0.3) is 0 Å². The van der Waals surface area contributed by atoms with E-state index in [-0.39, 0.29) is 0 Å². The number of carboxylic acid groups (broad SMARTS) is 1.